The summed E-state index contributed by atoms with van der Waals surface area (Å²) in [5.74, 6) is 0. The summed E-state index contributed by atoms with van der Waals surface area (Å²) in [5, 5.41) is 6.37. The molecule has 0 aromatic heterocycles. The molecule has 0 bridgehead atoms. The predicted octanol–water partition coefficient (Wildman–Crippen LogP) is 4.32. The molecule has 1 aliphatic heterocycles. The Balaban J connectivity index is 2.40. The molecule has 1 aliphatic rings. The Kier molecular flexibility index (Phi) is 1.90. The molecule has 2 aromatic carbocycles. The first kappa shape index (κ1) is 10.6. The maximum absolute atomic E-state index is 3.66. The SMILES string of the molecule is CC1(C)Nc2ccc3ccccc3c2C1(C)C. The molecule has 0 unspecified atom stereocenters. The van der Waals surface area contributed by atoms with Crippen molar-refractivity contribution in [2.45, 2.75) is 38.6 Å². The molecule has 0 atom stereocenters. The molecule has 0 radical (unpaired) electrons. The van der Waals surface area contributed by atoms with Crippen LogP contribution >= 0.6 is 0 Å². The van der Waals surface area contributed by atoms with E-state index in [0.717, 1.165) is 0 Å². The highest BCUT2D eigenvalue weighted by Crippen LogP contribution is 2.49. The van der Waals surface area contributed by atoms with Gasteiger partial charge in [-0.3, -0.25) is 0 Å². The Hall–Kier alpha value is -1.50. The first-order valence-corrected chi connectivity index (χ1v) is 6.24. The molecule has 0 saturated carbocycles. The Labute approximate surface area is 103 Å². The van der Waals surface area contributed by atoms with E-state index in [1.54, 1.807) is 0 Å². The zero-order valence-electron chi connectivity index (χ0n) is 11.0. The summed E-state index contributed by atoms with van der Waals surface area (Å²) in [4.78, 5) is 0. The molecule has 0 fully saturated rings. The van der Waals surface area contributed by atoms with Gasteiger partial charge in [-0.15, -0.1) is 0 Å². The van der Waals surface area contributed by atoms with Gasteiger partial charge in [0, 0.05) is 16.6 Å². The first-order valence-electron chi connectivity index (χ1n) is 6.24. The summed E-state index contributed by atoms with van der Waals surface area (Å²) >= 11 is 0. The Bertz CT molecular complexity index is 593. The van der Waals surface area contributed by atoms with Crippen molar-refractivity contribution in [1.29, 1.82) is 0 Å². The minimum atomic E-state index is 0.0967. The number of nitrogens with one attached hydrogen (secondary N) is 1. The standard InChI is InChI=1S/C16H19N/c1-15(2)14-12-8-6-5-7-11(12)9-10-13(14)17-16(15,3)4/h5-10,17H,1-4H3. The third kappa shape index (κ3) is 1.25. The van der Waals surface area contributed by atoms with Crippen LogP contribution in [0.25, 0.3) is 10.8 Å². The Morgan fingerprint density at radius 3 is 2.35 bits per heavy atom. The average Bonchev–Trinajstić information content (AvgIpc) is 2.45. The zero-order chi connectivity index (χ0) is 12.3. The maximum atomic E-state index is 3.66. The van der Waals surface area contributed by atoms with Crippen LogP contribution in [0.4, 0.5) is 5.69 Å². The number of fused-ring (bicyclic) bond motifs is 3. The summed E-state index contributed by atoms with van der Waals surface area (Å²) in [6, 6.07) is 13.1. The van der Waals surface area contributed by atoms with Crippen LogP contribution in [0.3, 0.4) is 0 Å². The lowest BCUT2D eigenvalue weighted by molar-refractivity contribution is 0.361. The molecule has 1 nitrogen and oxygen atoms in total. The quantitative estimate of drug-likeness (QED) is 0.704. The van der Waals surface area contributed by atoms with E-state index >= 15 is 0 Å². The highest BCUT2D eigenvalue weighted by Gasteiger charge is 2.46. The van der Waals surface area contributed by atoms with Gasteiger partial charge in [0.05, 0.1) is 0 Å². The Morgan fingerprint density at radius 2 is 1.59 bits per heavy atom. The van der Waals surface area contributed by atoms with E-state index < -0.39 is 0 Å². The lowest BCUT2D eigenvalue weighted by Crippen LogP contribution is -2.43. The number of benzene rings is 2. The zero-order valence-corrected chi connectivity index (χ0v) is 11.0. The molecule has 0 saturated heterocycles. The van der Waals surface area contributed by atoms with Crippen molar-refractivity contribution in [2.75, 3.05) is 5.32 Å². The van der Waals surface area contributed by atoms with Crippen LogP contribution in [0.15, 0.2) is 36.4 Å². The van der Waals surface area contributed by atoms with Crippen molar-refractivity contribution in [2.24, 2.45) is 0 Å². The lowest BCUT2D eigenvalue weighted by Gasteiger charge is -2.35. The summed E-state index contributed by atoms with van der Waals surface area (Å²) in [5.41, 5.74) is 2.99. The van der Waals surface area contributed by atoms with Crippen LogP contribution < -0.4 is 5.32 Å². The molecule has 88 valence electrons. The van der Waals surface area contributed by atoms with Crippen molar-refractivity contribution >= 4 is 16.5 Å². The van der Waals surface area contributed by atoms with Crippen LogP contribution in [-0.4, -0.2) is 5.54 Å². The molecular weight excluding hydrogens is 206 g/mol. The molecule has 1 heteroatoms. The van der Waals surface area contributed by atoms with Crippen molar-refractivity contribution < 1.29 is 0 Å². The van der Waals surface area contributed by atoms with Crippen molar-refractivity contribution in [3.8, 4) is 0 Å². The fourth-order valence-electron chi connectivity index (χ4n) is 2.85. The van der Waals surface area contributed by atoms with E-state index in [0.29, 0.717) is 0 Å². The monoisotopic (exact) mass is 225 g/mol. The van der Waals surface area contributed by atoms with E-state index in [1.807, 2.05) is 0 Å². The van der Waals surface area contributed by atoms with Gasteiger partial charge in [0.25, 0.3) is 0 Å². The molecule has 0 amide bonds. The van der Waals surface area contributed by atoms with Crippen molar-refractivity contribution in [3.63, 3.8) is 0 Å². The molecule has 17 heavy (non-hydrogen) atoms. The third-order valence-electron chi connectivity index (χ3n) is 4.56. The predicted molar refractivity (Wildman–Crippen MR) is 74.7 cm³/mol. The smallest absolute Gasteiger partial charge is 0.0409 e. The van der Waals surface area contributed by atoms with Gasteiger partial charge in [-0.1, -0.05) is 44.2 Å². The fraction of sp³-hybridized carbons (Fsp3) is 0.375. The van der Waals surface area contributed by atoms with Crippen LogP contribution in [-0.2, 0) is 5.41 Å². The van der Waals surface area contributed by atoms with E-state index in [2.05, 4.69) is 69.4 Å². The second kappa shape index (κ2) is 3.04. The van der Waals surface area contributed by atoms with Crippen LogP contribution in [0, 0.1) is 0 Å². The molecular formula is C16H19N. The minimum absolute atomic E-state index is 0.0967. The summed E-state index contributed by atoms with van der Waals surface area (Å²) in [6.07, 6.45) is 0. The van der Waals surface area contributed by atoms with Gasteiger partial charge < -0.3 is 5.32 Å². The number of hydrogen-bond acceptors (Lipinski definition) is 1. The van der Waals surface area contributed by atoms with Crippen molar-refractivity contribution in [1.82, 2.24) is 0 Å². The van der Waals surface area contributed by atoms with Crippen LogP contribution in [0.5, 0.6) is 0 Å². The molecule has 2 aromatic rings. The Morgan fingerprint density at radius 1 is 0.882 bits per heavy atom. The summed E-state index contributed by atoms with van der Waals surface area (Å²) in [7, 11) is 0. The van der Waals surface area contributed by atoms with Gasteiger partial charge in [-0.25, -0.2) is 0 Å². The minimum Gasteiger partial charge on any atom is -0.379 e. The van der Waals surface area contributed by atoms with Crippen LogP contribution in [0.2, 0.25) is 0 Å². The van der Waals surface area contributed by atoms with Gasteiger partial charge in [-0.2, -0.15) is 0 Å². The van der Waals surface area contributed by atoms with Gasteiger partial charge in [-0.05, 0) is 36.2 Å². The second-order valence-corrected chi connectivity index (χ2v) is 6.08. The van der Waals surface area contributed by atoms with Gasteiger partial charge in [0.15, 0.2) is 0 Å². The maximum Gasteiger partial charge on any atom is 0.0409 e. The lowest BCUT2D eigenvalue weighted by atomic mass is 9.71. The topological polar surface area (TPSA) is 12.0 Å². The normalized spacial score (nSPS) is 20.0. The second-order valence-electron chi connectivity index (χ2n) is 6.08. The summed E-state index contributed by atoms with van der Waals surface area (Å²) in [6.45, 7) is 9.22. The molecule has 1 heterocycles. The largest absolute Gasteiger partial charge is 0.379 e. The molecule has 0 spiro atoms. The fourth-order valence-corrected chi connectivity index (χ4v) is 2.85. The van der Waals surface area contributed by atoms with E-state index in [-0.39, 0.29) is 11.0 Å². The van der Waals surface area contributed by atoms with E-state index in [1.165, 1.54) is 22.0 Å². The van der Waals surface area contributed by atoms with Gasteiger partial charge in [0.1, 0.15) is 0 Å². The molecule has 0 aliphatic carbocycles. The van der Waals surface area contributed by atoms with Gasteiger partial charge >= 0.3 is 0 Å². The van der Waals surface area contributed by atoms with E-state index in [4.69, 9.17) is 0 Å². The number of rotatable bonds is 0. The van der Waals surface area contributed by atoms with Gasteiger partial charge in [0.2, 0.25) is 0 Å². The van der Waals surface area contributed by atoms with Crippen molar-refractivity contribution in [3.05, 3.63) is 42.0 Å². The van der Waals surface area contributed by atoms with E-state index in [9.17, 15) is 0 Å². The third-order valence-corrected chi connectivity index (χ3v) is 4.56. The first-order chi connectivity index (χ1) is 7.93. The number of hydrogen-bond donors (Lipinski definition) is 1. The molecule has 1 N–H and O–H groups in total. The summed E-state index contributed by atoms with van der Waals surface area (Å²) < 4.78 is 0. The average molecular weight is 225 g/mol. The highest BCUT2D eigenvalue weighted by molar-refractivity contribution is 5.93. The highest BCUT2D eigenvalue weighted by atomic mass is 15.0. The number of anilines is 1. The van der Waals surface area contributed by atoms with Crippen LogP contribution in [0.1, 0.15) is 33.3 Å². The molecule has 3 rings (SSSR count).